The first kappa shape index (κ1) is 19.7. The van der Waals surface area contributed by atoms with Crippen LogP contribution in [0.25, 0.3) is 11.5 Å². The summed E-state index contributed by atoms with van der Waals surface area (Å²) >= 11 is 0. The Morgan fingerprint density at radius 3 is 2.41 bits per heavy atom. The predicted octanol–water partition coefficient (Wildman–Crippen LogP) is 2.89. The van der Waals surface area contributed by atoms with Crippen molar-refractivity contribution in [3.05, 3.63) is 47.7 Å². The van der Waals surface area contributed by atoms with E-state index in [4.69, 9.17) is 23.7 Å². The van der Waals surface area contributed by atoms with Crippen molar-refractivity contribution in [2.24, 2.45) is 4.99 Å². The van der Waals surface area contributed by atoms with Crippen LogP contribution >= 0.6 is 0 Å². The SMILES string of the molecule is COc1cc(-c2nc(C=Nc3cccc(C(=O)O)c3)c([O-])o2)cc(OC)c1OC. The number of benzene rings is 2. The molecule has 0 saturated carbocycles. The second-order valence-electron chi connectivity index (χ2n) is 5.72. The van der Waals surface area contributed by atoms with Crippen molar-refractivity contribution >= 4 is 17.9 Å². The van der Waals surface area contributed by atoms with Crippen LogP contribution in [0.2, 0.25) is 0 Å². The molecule has 0 radical (unpaired) electrons. The molecule has 0 aliphatic heterocycles. The van der Waals surface area contributed by atoms with Gasteiger partial charge in [-0.05, 0) is 30.3 Å². The fraction of sp³-hybridized carbons (Fsp3) is 0.150. The third-order valence-corrected chi connectivity index (χ3v) is 3.96. The van der Waals surface area contributed by atoms with Gasteiger partial charge in [0.1, 0.15) is 11.6 Å². The van der Waals surface area contributed by atoms with Gasteiger partial charge in [-0.15, -0.1) is 0 Å². The van der Waals surface area contributed by atoms with Crippen LogP contribution < -0.4 is 19.3 Å². The van der Waals surface area contributed by atoms with Crippen LogP contribution in [0.3, 0.4) is 0 Å². The molecular formula is C20H17N2O7-. The molecular weight excluding hydrogens is 380 g/mol. The Labute approximate surface area is 165 Å². The lowest BCUT2D eigenvalue weighted by atomic mass is 10.2. The number of oxazole rings is 1. The van der Waals surface area contributed by atoms with Crippen molar-refractivity contribution in [3.63, 3.8) is 0 Å². The highest BCUT2D eigenvalue weighted by Crippen LogP contribution is 2.41. The number of methoxy groups -OCH3 is 3. The summed E-state index contributed by atoms with van der Waals surface area (Å²) in [5.41, 5.74) is 0.862. The summed E-state index contributed by atoms with van der Waals surface area (Å²) in [6.45, 7) is 0. The van der Waals surface area contributed by atoms with Gasteiger partial charge in [0.2, 0.25) is 5.75 Å². The van der Waals surface area contributed by atoms with Crippen molar-refractivity contribution in [1.29, 1.82) is 0 Å². The molecule has 0 aliphatic rings. The number of carbonyl (C=O) groups is 1. The van der Waals surface area contributed by atoms with Gasteiger partial charge in [0.05, 0.1) is 44.7 Å². The van der Waals surface area contributed by atoms with Gasteiger partial charge in [-0.25, -0.2) is 9.78 Å². The first-order valence-electron chi connectivity index (χ1n) is 8.32. The molecule has 3 aromatic rings. The Kier molecular flexibility index (Phi) is 5.68. The molecule has 0 spiro atoms. The average molecular weight is 397 g/mol. The summed E-state index contributed by atoms with van der Waals surface area (Å²) in [5, 5.41) is 21.2. The molecule has 1 heterocycles. The van der Waals surface area contributed by atoms with Crippen molar-refractivity contribution in [3.8, 4) is 34.6 Å². The Hall–Kier alpha value is -4.01. The Morgan fingerprint density at radius 1 is 1.14 bits per heavy atom. The number of rotatable bonds is 7. The Bertz CT molecular complexity index is 1050. The third-order valence-electron chi connectivity index (χ3n) is 3.96. The summed E-state index contributed by atoms with van der Waals surface area (Å²) in [5.74, 6) is -0.547. The average Bonchev–Trinajstić information content (AvgIpc) is 3.11. The van der Waals surface area contributed by atoms with Gasteiger partial charge in [-0.2, -0.15) is 0 Å². The number of nitrogens with zero attached hydrogens (tertiary/aromatic N) is 2. The molecule has 0 bridgehead atoms. The molecule has 3 rings (SSSR count). The predicted molar refractivity (Wildman–Crippen MR) is 102 cm³/mol. The van der Waals surface area contributed by atoms with E-state index in [2.05, 4.69) is 9.98 Å². The third kappa shape index (κ3) is 4.13. The smallest absolute Gasteiger partial charge is 0.335 e. The number of carboxylic acids is 1. The number of aromatic carboxylic acids is 1. The molecule has 29 heavy (non-hydrogen) atoms. The zero-order chi connectivity index (χ0) is 21.0. The highest BCUT2D eigenvalue weighted by Gasteiger charge is 2.15. The summed E-state index contributed by atoms with van der Waals surface area (Å²) < 4.78 is 21.1. The molecule has 9 nitrogen and oxygen atoms in total. The van der Waals surface area contributed by atoms with E-state index in [1.54, 1.807) is 24.3 Å². The quantitative estimate of drug-likeness (QED) is 0.603. The van der Waals surface area contributed by atoms with Crippen LogP contribution in [-0.4, -0.2) is 43.6 Å². The molecule has 0 saturated heterocycles. The molecule has 0 amide bonds. The molecule has 0 fully saturated rings. The van der Waals surface area contributed by atoms with Crippen molar-refractivity contribution in [2.45, 2.75) is 0 Å². The zero-order valence-electron chi connectivity index (χ0n) is 15.8. The topological polar surface area (TPSA) is 126 Å². The molecule has 150 valence electrons. The highest BCUT2D eigenvalue weighted by atomic mass is 16.5. The van der Waals surface area contributed by atoms with Gasteiger partial charge < -0.3 is 28.8 Å². The van der Waals surface area contributed by atoms with E-state index < -0.39 is 11.9 Å². The van der Waals surface area contributed by atoms with E-state index in [1.165, 1.54) is 39.7 Å². The summed E-state index contributed by atoms with van der Waals surface area (Å²) in [6.07, 6.45) is 1.22. The second-order valence-corrected chi connectivity index (χ2v) is 5.72. The van der Waals surface area contributed by atoms with E-state index in [1.807, 2.05) is 0 Å². The summed E-state index contributed by atoms with van der Waals surface area (Å²) in [4.78, 5) is 19.3. The minimum atomic E-state index is -1.07. The Balaban J connectivity index is 1.95. The molecule has 1 aromatic heterocycles. The van der Waals surface area contributed by atoms with Gasteiger partial charge in [0.25, 0.3) is 0 Å². The van der Waals surface area contributed by atoms with Gasteiger partial charge >= 0.3 is 5.97 Å². The van der Waals surface area contributed by atoms with E-state index in [9.17, 15) is 9.90 Å². The van der Waals surface area contributed by atoms with Crippen LogP contribution in [-0.2, 0) is 0 Å². The summed E-state index contributed by atoms with van der Waals surface area (Å²) in [6, 6.07) is 9.18. The largest absolute Gasteiger partial charge is 0.562 e. The fourth-order valence-electron chi connectivity index (χ4n) is 2.58. The minimum absolute atomic E-state index is 0.0329. The van der Waals surface area contributed by atoms with Crippen LogP contribution in [0, 0.1) is 0 Å². The van der Waals surface area contributed by atoms with Crippen molar-refractivity contribution < 1.29 is 33.6 Å². The maximum Gasteiger partial charge on any atom is 0.335 e. The number of aliphatic imine (C=N–C) groups is 1. The highest BCUT2D eigenvalue weighted by molar-refractivity contribution is 5.89. The van der Waals surface area contributed by atoms with Crippen molar-refractivity contribution in [1.82, 2.24) is 4.98 Å². The van der Waals surface area contributed by atoms with Gasteiger partial charge in [-0.1, -0.05) is 6.07 Å². The minimum Gasteiger partial charge on any atom is -0.562 e. The van der Waals surface area contributed by atoms with Gasteiger partial charge in [0.15, 0.2) is 11.5 Å². The fourth-order valence-corrected chi connectivity index (χ4v) is 2.58. The maximum absolute atomic E-state index is 12.1. The maximum atomic E-state index is 12.1. The number of ether oxygens (including phenoxy) is 3. The lowest BCUT2D eigenvalue weighted by Crippen LogP contribution is -1.96. The lowest BCUT2D eigenvalue weighted by molar-refractivity contribution is -0.293. The van der Waals surface area contributed by atoms with E-state index in [0.29, 0.717) is 28.5 Å². The standard InChI is InChI=1S/C20H18N2O7/c1-26-15-8-12(9-16(27-2)17(15)28-3)18-22-14(20(25)29-18)10-21-13-6-4-5-11(7-13)19(23)24/h4-10,25H,1-3H3,(H,23,24)/p-1. The number of hydrogen-bond donors (Lipinski definition) is 1. The molecule has 9 heteroatoms. The zero-order valence-corrected chi connectivity index (χ0v) is 15.8. The Morgan fingerprint density at radius 2 is 1.83 bits per heavy atom. The van der Waals surface area contributed by atoms with Gasteiger partial charge in [0, 0.05) is 5.56 Å². The van der Waals surface area contributed by atoms with Crippen LogP contribution in [0.15, 0.2) is 45.8 Å². The van der Waals surface area contributed by atoms with Crippen LogP contribution in [0.1, 0.15) is 16.1 Å². The molecule has 2 aromatic carbocycles. The summed E-state index contributed by atoms with van der Waals surface area (Å²) in [7, 11) is 4.42. The molecule has 0 atom stereocenters. The molecule has 0 aliphatic carbocycles. The van der Waals surface area contributed by atoms with Crippen LogP contribution in [0.4, 0.5) is 5.69 Å². The van der Waals surface area contributed by atoms with Crippen LogP contribution in [0.5, 0.6) is 23.2 Å². The number of aromatic nitrogens is 1. The monoisotopic (exact) mass is 397 g/mol. The van der Waals surface area contributed by atoms with E-state index in [-0.39, 0.29) is 17.1 Å². The molecule has 0 unspecified atom stereocenters. The van der Waals surface area contributed by atoms with Crippen molar-refractivity contribution in [2.75, 3.05) is 21.3 Å². The first-order chi connectivity index (χ1) is 14.0. The first-order valence-corrected chi connectivity index (χ1v) is 8.32. The van der Waals surface area contributed by atoms with E-state index in [0.717, 1.165) is 0 Å². The second kappa shape index (κ2) is 8.34. The molecule has 1 N–H and O–H groups in total. The van der Waals surface area contributed by atoms with Gasteiger partial charge in [-0.3, -0.25) is 4.99 Å². The number of carboxylic acid groups (broad SMARTS) is 1. The lowest BCUT2D eigenvalue weighted by Gasteiger charge is -2.13. The number of hydrogen-bond acceptors (Lipinski definition) is 8. The van der Waals surface area contributed by atoms with E-state index >= 15 is 0 Å². The normalized spacial score (nSPS) is 10.9.